The van der Waals surface area contributed by atoms with Crippen LogP contribution in [0.2, 0.25) is 5.15 Å². The number of rotatable bonds is 3. The van der Waals surface area contributed by atoms with E-state index in [9.17, 15) is 9.59 Å². The van der Waals surface area contributed by atoms with Crippen molar-refractivity contribution in [2.24, 2.45) is 13.0 Å². The zero-order chi connectivity index (χ0) is 14.2. The number of aromatic nitrogens is 2. The first-order valence-corrected chi connectivity index (χ1v) is 6.46. The van der Waals surface area contributed by atoms with E-state index in [1.165, 1.54) is 0 Å². The Morgan fingerprint density at radius 1 is 1.58 bits per heavy atom. The van der Waals surface area contributed by atoms with Crippen LogP contribution >= 0.6 is 11.6 Å². The predicted molar refractivity (Wildman–Crippen MR) is 68.7 cm³/mol. The van der Waals surface area contributed by atoms with Gasteiger partial charge in [0.05, 0.1) is 18.2 Å². The van der Waals surface area contributed by atoms with Crippen molar-refractivity contribution in [3.63, 3.8) is 0 Å². The van der Waals surface area contributed by atoms with Gasteiger partial charge in [0.2, 0.25) is 5.91 Å². The monoisotopic (exact) mass is 285 g/mol. The molecule has 1 N–H and O–H groups in total. The molecule has 1 unspecified atom stereocenters. The summed E-state index contributed by atoms with van der Waals surface area (Å²) in [6.07, 6.45) is 0.679. The highest BCUT2D eigenvalue weighted by Crippen LogP contribution is 2.24. The maximum Gasteiger partial charge on any atom is 0.308 e. The number of halogens is 1. The van der Waals surface area contributed by atoms with Crippen molar-refractivity contribution in [3.05, 3.63) is 16.4 Å². The number of likely N-dealkylation sites (tertiary alicyclic amines) is 1. The summed E-state index contributed by atoms with van der Waals surface area (Å²) in [5.41, 5.74) is 1.54. The van der Waals surface area contributed by atoms with Crippen molar-refractivity contribution in [2.75, 3.05) is 6.54 Å². The van der Waals surface area contributed by atoms with Crippen LogP contribution in [0.1, 0.15) is 24.1 Å². The third kappa shape index (κ3) is 2.73. The first kappa shape index (κ1) is 13.9. The molecule has 1 saturated heterocycles. The largest absolute Gasteiger partial charge is 0.481 e. The van der Waals surface area contributed by atoms with Crippen molar-refractivity contribution in [3.8, 4) is 0 Å². The number of hydrogen-bond acceptors (Lipinski definition) is 3. The summed E-state index contributed by atoms with van der Waals surface area (Å²) < 4.78 is 1.55. The lowest BCUT2D eigenvalue weighted by molar-refractivity contribution is -0.147. The Bertz CT molecular complexity index is 527. The van der Waals surface area contributed by atoms with E-state index in [0.717, 1.165) is 11.3 Å². The summed E-state index contributed by atoms with van der Waals surface area (Å²) in [5, 5.41) is 13.7. The molecule has 0 aliphatic carbocycles. The minimum Gasteiger partial charge on any atom is -0.481 e. The maximum atomic E-state index is 11.9. The molecule has 0 radical (unpaired) electrons. The topological polar surface area (TPSA) is 75.4 Å². The fourth-order valence-corrected chi connectivity index (χ4v) is 2.55. The van der Waals surface area contributed by atoms with E-state index in [1.54, 1.807) is 16.6 Å². The number of aryl methyl sites for hydroxylation is 2. The van der Waals surface area contributed by atoms with Crippen LogP contribution in [0.5, 0.6) is 0 Å². The zero-order valence-corrected chi connectivity index (χ0v) is 11.6. The molecule has 0 aromatic carbocycles. The van der Waals surface area contributed by atoms with Crippen LogP contribution in [-0.4, -0.2) is 38.2 Å². The molecule has 7 heteroatoms. The van der Waals surface area contributed by atoms with Crippen LogP contribution in [0.25, 0.3) is 0 Å². The van der Waals surface area contributed by atoms with Crippen molar-refractivity contribution in [2.45, 2.75) is 26.3 Å². The second kappa shape index (κ2) is 5.21. The first-order valence-electron chi connectivity index (χ1n) is 6.08. The van der Waals surface area contributed by atoms with Gasteiger partial charge >= 0.3 is 5.97 Å². The third-order valence-corrected chi connectivity index (χ3v) is 3.94. The van der Waals surface area contributed by atoms with Gasteiger partial charge < -0.3 is 10.0 Å². The average Bonchev–Trinajstić information content (AvgIpc) is 2.58. The van der Waals surface area contributed by atoms with Gasteiger partial charge in [-0.1, -0.05) is 11.6 Å². The van der Waals surface area contributed by atoms with Crippen molar-refractivity contribution >= 4 is 23.5 Å². The number of carboxylic acids is 1. The summed E-state index contributed by atoms with van der Waals surface area (Å²) in [6, 6.07) is 0. The lowest BCUT2D eigenvalue weighted by Gasteiger charge is -2.30. The third-order valence-electron chi connectivity index (χ3n) is 3.47. The second-order valence-electron chi connectivity index (χ2n) is 4.83. The van der Waals surface area contributed by atoms with E-state index in [4.69, 9.17) is 16.7 Å². The van der Waals surface area contributed by atoms with Crippen LogP contribution in [0, 0.1) is 12.8 Å². The van der Waals surface area contributed by atoms with Crippen LogP contribution in [0.4, 0.5) is 0 Å². The Kier molecular flexibility index (Phi) is 3.80. The lowest BCUT2D eigenvalue weighted by Crippen LogP contribution is -2.42. The minimum atomic E-state index is -0.855. The number of nitrogens with zero attached hydrogens (tertiary/aromatic N) is 3. The van der Waals surface area contributed by atoms with E-state index >= 15 is 0 Å². The minimum absolute atomic E-state index is 0.0307. The second-order valence-corrected chi connectivity index (χ2v) is 5.18. The van der Waals surface area contributed by atoms with Crippen molar-refractivity contribution in [1.29, 1.82) is 0 Å². The fraction of sp³-hybridized carbons (Fsp3) is 0.583. The molecule has 104 valence electrons. The Morgan fingerprint density at radius 2 is 2.26 bits per heavy atom. The molecule has 2 heterocycles. The van der Waals surface area contributed by atoms with Gasteiger partial charge in [0.15, 0.2) is 0 Å². The van der Waals surface area contributed by atoms with Gasteiger partial charge in [-0.2, -0.15) is 5.10 Å². The molecular weight excluding hydrogens is 270 g/mol. The van der Waals surface area contributed by atoms with Crippen molar-refractivity contribution < 1.29 is 14.7 Å². The molecule has 1 amide bonds. The number of hydrogen-bond donors (Lipinski definition) is 1. The SMILES string of the molecule is Cc1nn(C)c(Cl)c1CN1CC(C(=O)O)CCC1=O. The summed E-state index contributed by atoms with van der Waals surface area (Å²) >= 11 is 6.13. The van der Waals surface area contributed by atoms with E-state index in [-0.39, 0.29) is 18.9 Å². The summed E-state index contributed by atoms with van der Waals surface area (Å²) in [5.74, 6) is -1.38. The molecule has 1 aliphatic heterocycles. The summed E-state index contributed by atoms with van der Waals surface area (Å²) in [7, 11) is 1.73. The summed E-state index contributed by atoms with van der Waals surface area (Å²) in [6.45, 7) is 2.38. The van der Waals surface area contributed by atoms with Crippen LogP contribution < -0.4 is 0 Å². The van der Waals surface area contributed by atoms with Gasteiger partial charge in [-0.05, 0) is 13.3 Å². The number of carbonyl (C=O) groups excluding carboxylic acids is 1. The standard InChI is InChI=1S/C12H16ClN3O3/c1-7-9(11(13)15(2)14-7)6-16-5-8(12(18)19)3-4-10(16)17/h8H,3-6H2,1-2H3,(H,18,19). The molecule has 1 fully saturated rings. The number of aliphatic carboxylic acids is 1. The molecule has 0 bridgehead atoms. The molecule has 1 aliphatic rings. The van der Waals surface area contributed by atoms with Crippen LogP contribution in [0.3, 0.4) is 0 Å². The molecule has 1 atom stereocenters. The highest BCUT2D eigenvalue weighted by Gasteiger charge is 2.31. The zero-order valence-electron chi connectivity index (χ0n) is 10.9. The molecule has 1 aromatic rings. The fourth-order valence-electron chi connectivity index (χ4n) is 2.31. The smallest absolute Gasteiger partial charge is 0.308 e. The van der Waals surface area contributed by atoms with Crippen LogP contribution in [0.15, 0.2) is 0 Å². The van der Waals surface area contributed by atoms with Gasteiger partial charge in [0.1, 0.15) is 5.15 Å². The highest BCUT2D eigenvalue weighted by atomic mass is 35.5. The Labute approximate surface area is 115 Å². The molecule has 2 rings (SSSR count). The Morgan fingerprint density at radius 3 is 2.79 bits per heavy atom. The molecular formula is C12H16ClN3O3. The Balaban J connectivity index is 2.16. The van der Waals surface area contributed by atoms with E-state index in [2.05, 4.69) is 5.10 Å². The van der Waals surface area contributed by atoms with Gasteiger partial charge in [0, 0.05) is 25.6 Å². The Hall–Kier alpha value is -1.56. The molecule has 0 saturated carbocycles. The van der Waals surface area contributed by atoms with Crippen molar-refractivity contribution in [1.82, 2.24) is 14.7 Å². The quantitative estimate of drug-likeness (QED) is 0.905. The summed E-state index contributed by atoms with van der Waals surface area (Å²) in [4.78, 5) is 24.4. The van der Waals surface area contributed by atoms with E-state index in [0.29, 0.717) is 18.1 Å². The molecule has 0 spiro atoms. The molecule has 6 nitrogen and oxygen atoms in total. The van der Waals surface area contributed by atoms with E-state index < -0.39 is 11.9 Å². The van der Waals surface area contributed by atoms with Gasteiger partial charge in [-0.25, -0.2) is 0 Å². The number of piperidine rings is 1. The van der Waals surface area contributed by atoms with Gasteiger partial charge in [0.25, 0.3) is 0 Å². The average molecular weight is 286 g/mol. The van der Waals surface area contributed by atoms with Crippen LogP contribution in [-0.2, 0) is 23.2 Å². The lowest BCUT2D eigenvalue weighted by atomic mass is 9.97. The predicted octanol–water partition coefficient (Wildman–Crippen LogP) is 1.21. The highest BCUT2D eigenvalue weighted by molar-refractivity contribution is 6.30. The normalized spacial score (nSPS) is 19.8. The number of amides is 1. The van der Waals surface area contributed by atoms with E-state index in [1.807, 2.05) is 6.92 Å². The number of carboxylic acid groups (broad SMARTS) is 1. The molecule has 19 heavy (non-hydrogen) atoms. The maximum absolute atomic E-state index is 11.9. The van der Waals surface area contributed by atoms with Gasteiger partial charge in [-0.15, -0.1) is 0 Å². The molecule has 1 aromatic heterocycles. The van der Waals surface area contributed by atoms with Gasteiger partial charge in [-0.3, -0.25) is 14.3 Å². The number of carbonyl (C=O) groups is 2. The first-order chi connectivity index (χ1) is 8.90.